The first-order chi connectivity index (χ1) is 16.7. The minimum atomic E-state index is -0.599. The van der Waals surface area contributed by atoms with Crippen LogP contribution in [-0.2, 0) is 6.42 Å². The molecular weight excluding hydrogens is 446 g/mol. The summed E-state index contributed by atoms with van der Waals surface area (Å²) in [6, 6.07) is 18.0. The van der Waals surface area contributed by atoms with Crippen LogP contribution < -0.4 is 15.4 Å². The molecule has 0 atom stereocenters. The number of hydrogen-bond acceptors (Lipinski definition) is 6. The van der Waals surface area contributed by atoms with Gasteiger partial charge in [-0.05, 0) is 68.3 Å². The minimum Gasteiger partial charge on any atom is -0.497 e. The monoisotopic (exact) mass is 471 g/mol. The molecule has 0 unspecified atom stereocenters. The highest BCUT2D eigenvalue weighted by Crippen LogP contribution is 2.32. The van der Waals surface area contributed by atoms with E-state index >= 15 is 0 Å². The van der Waals surface area contributed by atoms with Gasteiger partial charge in [-0.1, -0.05) is 18.2 Å². The van der Waals surface area contributed by atoms with E-state index in [9.17, 15) is 19.7 Å². The first-order valence-electron chi connectivity index (χ1n) is 11.0. The van der Waals surface area contributed by atoms with E-state index in [2.05, 4.69) is 24.5 Å². The van der Waals surface area contributed by atoms with Crippen molar-refractivity contribution in [1.82, 2.24) is 5.32 Å². The molecular formula is C27H25N3O5. The number of nitrogens with one attached hydrogen (secondary N) is 2. The number of anilines is 1. The highest BCUT2D eigenvalue weighted by molar-refractivity contribution is 6.10. The molecule has 1 amide bonds. The van der Waals surface area contributed by atoms with Crippen molar-refractivity contribution in [3.8, 4) is 5.75 Å². The van der Waals surface area contributed by atoms with Gasteiger partial charge >= 0.3 is 0 Å². The summed E-state index contributed by atoms with van der Waals surface area (Å²) in [5.74, 6) is -0.0874. The topological polar surface area (TPSA) is 111 Å². The number of ether oxygens (including phenoxy) is 1. The predicted molar refractivity (Wildman–Crippen MR) is 134 cm³/mol. The second-order valence-corrected chi connectivity index (χ2v) is 8.94. The van der Waals surface area contributed by atoms with Crippen LogP contribution in [0.15, 0.2) is 72.8 Å². The van der Waals surface area contributed by atoms with E-state index in [0.717, 1.165) is 17.5 Å². The summed E-state index contributed by atoms with van der Waals surface area (Å²) in [6.45, 7) is 4.15. The Morgan fingerprint density at radius 1 is 1.09 bits per heavy atom. The SMILES string of the molecule is COc1ccc2c(c1)C(=CC(=O)c1ccc(NC(=O)c3ccccc3[N+](=O)[O-])cc1)NC(C)(C)C2. The van der Waals surface area contributed by atoms with E-state index in [1.807, 2.05) is 18.2 Å². The summed E-state index contributed by atoms with van der Waals surface area (Å²) >= 11 is 0. The lowest BCUT2D eigenvalue weighted by molar-refractivity contribution is -0.385. The van der Waals surface area contributed by atoms with Crippen LogP contribution in [0, 0.1) is 10.1 Å². The Labute approximate surface area is 202 Å². The molecule has 0 aromatic heterocycles. The predicted octanol–water partition coefficient (Wildman–Crippen LogP) is 5.00. The standard InChI is InChI=1S/C27H25N3O5/c1-27(2)16-18-10-13-20(35-3)14-22(18)23(29-27)15-25(31)17-8-11-19(12-9-17)28-26(32)21-6-4-5-7-24(21)30(33)34/h4-15,29H,16H2,1-3H3,(H,28,32). The molecule has 0 aliphatic carbocycles. The summed E-state index contributed by atoms with van der Waals surface area (Å²) < 4.78 is 5.36. The van der Waals surface area contributed by atoms with Crippen LogP contribution in [0.1, 0.15) is 45.7 Å². The van der Waals surface area contributed by atoms with Gasteiger partial charge in [-0.15, -0.1) is 0 Å². The maximum Gasteiger partial charge on any atom is 0.282 e. The van der Waals surface area contributed by atoms with Gasteiger partial charge in [0.2, 0.25) is 0 Å². The molecule has 8 heteroatoms. The van der Waals surface area contributed by atoms with E-state index in [-0.39, 0.29) is 22.6 Å². The van der Waals surface area contributed by atoms with Crippen molar-refractivity contribution in [2.45, 2.75) is 25.8 Å². The van der Waals surface area contributed by atoms with Crippen molar-refractivity contribution >= 4 is 28.8 Å². The Morgan fingerprint density at radius 2 is 1.80 bits per heavy atom. The molecule has 3 aromatic rings. The average molecular weight is 472 g/mol. The molecule has 0 saturated carbocycles. The van der Waals surface area contributed by atoms with E-state index in [0.29, 0.717) is 22.7 Å². The molecule has 0 fully saturated rings. The fourth-order valence-corrected chi connectivity index (χ4v) is 4.11. The number of nitro groups is 1. The van der Waals surface area contributed by atoms with E-state index < -0.39 is 10.8 Å². The number of amides is 1. The third kappa shape index (κ3) is 5.22. The Bertz CT molecular complexity index is 1340. The van der Waals surface area contributed by atoms with E-state index in [4.69, 9.17) is 4.74 Å². The first kappa shape index (κ1) is 23.7. The molecule has 8 nitrogen and oxygen atoms in total. The van der Waals surface area contributed by atoms with Crippen molar-refractivity contribution in [2.24, 2.45) is 0 Å². The van der Waals surface area contributed by atoms with Crippen molar-refractivity contribution in [3.05, 3.63) is 105 Å². The zero-order valence-electron chi connectivity index (χ0n) is 19.6. The van der Waals surface area contributed by atoms with Gasteiger partial charge in [-0.3, -0.25) is 19.7 Å². The highest BCUT2D eigenvalue weighted by Gasteiger charge is 2.28. The smallest absolute Gasteiger partial charge is 0.282 e. The van der Waals surface area contributed by atoms with Crippen LogP contribution in [0.3, 0.4) is 0 Å². The molecule has 1 heterocycles. The van der Waals surface area contributed by atoms with E-state index in [1.54, 1.807) is 43.5 Å². The second-order valence-electron chi connectivity index (χ2n) is 8.94. The number of para-hydroxylation sites is 1. The molecule has 3 aromatic carbocycles. The lowest BCUT2D eigenvalue weighted by Gasteiger charge is -2.35. The third-order valence-corrected chi connectivity index (χ3v) is 5.76. The zero-order valence-corrected chi connectivity index (χ0v) is 19.6. The molecule has 2 N–H and O–H groups in total. The van der Waals surface area contributed by atoms with Crippen molar-refractivity contribution in [1.29, 1.82) is 0 Å². The number of ketones is 1. The minimum absolute atomic E-state index is 0.0394. The fraction of sp³-hybridized carbons (Fsp3) is 0.185. The highest BCUT2D eigenvalue weighted by atomic mass is 16.6. The third-order valence-electron chi connectivity index (χ3n) is 5.76. The summed E-state index contributed by atoms with van der Waals surface area (Å²) in [6.07, 6.45) is 2.38. The van der Waals surface area contributed by atoms with Crippen molar-refractivity contribution in [2.75, 3.05) is 12.4 Å². The van der Waals surface area contributed by atoms with Gasteiger partial charge in [-0.2, -0.15) is 0 Å². The number of carbonyl (C=O) groups is 2. The van der Waals surface area contributed by atoms with Gasteiger partial charge in [0, 0.05) is 40.2 Å². The van der Waals surface area contributed by atoms with Crippen LogP contribution in [0.5, 0.6) is 5.75 Å². The summed E-state index contributed by atoms with van der Waals surface area (Å²) in [7, 11) is 1.60. The number of benzene rings is 3. The number of nitrogens with zero attached hydrogens (tertiary/aromatic N) is 1. The van der Waals surface area contributed by atoms with Crippen LogP contribution in [-0.4, -0.2) is 29.3 Å². The number of nitro benzene ring substituents is 1. The lowest BCUT2D eigenvalue weighted by Crippen LogP contribution is -2.43. The summed E-state index contributed by atoms with van der Waals surface area (Å²) in [5, 5.41) is 17.3. The summed E-state index contributed by atoms with van der Waals surface area (Å²) in [4.78, 5) is 36.2. The normalized spacial score (nSPS) is 15.0. The maximum atomic E-state index is 13.1. The Balaban J connectivity index is 1.55. The van der Waals surface area contributed by atoms with Gasteiger partial charge in [0.05, 0.1) is 12.0 Å². The number of allylic oxidation sites excluding steroid dienone is 1. The number of fused-ring (bicyclic) bond motifs is 1. The largest absolute Gasteiger partial charge is 0.497 e. The Kier molecular flexibility index (Phi) is 6.38. The quantitative estimate of drug-likeness (QED) is 0.226. The van der Waals surface area contributed by atoms with Crippen molar-refractivity contribution < 1.29 is 19.2 Å². The molecule has 178 valence electrons. The molecule has 0 bridgehead atoms. The molecule has 35 heavy (non-hydrogen) atoms. The summed E-state index contributed by atoms with van der Waals surface area (Å²) in [5.41, 5.74) is 3.09. The molecule has 0 radical (unpaired) electrons. The first-order valence-corrected chi connectivity index (χ1v) is 11.0. The number of hydrogen-bond donors (Lipinski definition) is 2. The van der Waals surface area contributed by atoms with Crippen LogP contribution in [0.2, 0.25) is 0 Å². The number of carbonyl (C=O) groups excluding carboxylic acids is 2. The van der Waals surface area contributed by atoms with Crippen LogP contribution >= 0.6 is 0 Å². The van der Waals surface area contributed by atoms with Gasteiger partial charge in [-0.25, -0.2) is 0 Å². The molecule has 4 rings (SSSR count). The Morgan fingerprint density at radius 3 is 2.49 bits per heavy atom. The second kappa shape index (κ2) is 9.42. The Hall–Kier alpha value is -4.46. The molecule has 1 aliphatic rings. The van der Waals surface area contributed by atoms with Gasteiger partial charge in [0.1, 0.15) is 11.3 Å². The van der Waals surface area contributed by atoms with Crippen molar-refractivity contribution in [3.63, 3.8) is 0 Å². The average Bonchev–Trinajstić information content (AvgIpc) is 2.83. The number of methoxy groups -OCH3 is 1. The zero-order chi connectivity index (χ0) is 25.2. The maximum absolute atomic E-state index is 13.1. The van der Waals surface area contributed by atoms with E-state index in [1.165, 1.54) is 18.2 Å². The van der Waals surface area contributed by atoms with Crippen LogP contribution in [0.4, 0.5) is 11.4 Å². The molecule has 0 spiro atoms. The fourth-order valence-electron chi connectivity index (χ4n) is 4.11. The van der Waals surface area contributed by atoms with Gasteiger partial charge < -0.3 is 15.4 Å². The molecule has 1 aliphatic heterocycles. The van der Waals surface area contributed by atoms with Gasteiger partial charge in [0.25, 0.3) is 11.6 Å². The molecule has 0 saturated heterocycles. The number of rotatable bonds is 6. The lowest BCUT2D eigenvalue weighted by atomic mass is 9.85. The van der Waals surface area contributed by atoms with Crippen LogP contribution in [0.25, 0.3) is 5.70 Å². The van der Waals surface area contributed by atoms with Gasteiger partial charge in [0.15, 0.2) is 5.78 Å².